The fraction of sp³-hybridized carbons (Fsp3) is 0.769. The van der Waals surface area contributed by atoms with Crippen molar-refractivity contribution in [2.24, 2.45) is 16.3 Å². The van der Waals surface area contributed by atoms with E-state index in [0.717, 1.165) is 25.7 Å². The second-order valence-electron chi connectivity index (χ2n) is 5.78. The smallest absolute Gasteiger partial charge is 0.239 e. The fourth-order valence-corrected chi connectivity index (χ4v) is 2.81. The monoisotopic (exact) mass is 282 g/mol. The third-order valence-corrected chi connectivity index (χ3v) is 4.13. The SMILES string of the molecule is CN(CC(=O)NC1CC1)C(=O)C1(C(N)=NO)CCCC1. The highest BCUT2D eigenvalue weighted by molar-refractivity contribution is 6.07. The van der Waals surface area contributed by atoms with Gasteiger partial charge in [-0.1, -0.05) is 18.0 Å². The molecule has 7 nitrogen and oxygen atoms in total. The molecular weight excluding hydrogens is 260 g/mol. The highest BCUT2D eigenvalue weighted by Crippen LogP contribution is 2.39. The molecule has 20 heavy (non-hydrogen) atoms. The van der Waals surface area contributed by atoms with Crippen molar-refractivity contribution in [2.75, 3.05) is 13.6 Å². The van der Waals surface area contributed by atoms with E-state index in [1.807, 2.05) is 0 Å². The Bertz CT molecular complexity index is 425. The summed E-state index contributed by atoms with van der Waals surface area (Å²) >= 11 is 0. The predicted octanol–water partition coefficient (Wildman–Crippen LogP) is 0.0302. The van der Waals surface area contributed by atoms with Crippen LogP contribution in [0.1, 0.15) is 38.5 Å². The molecule has 2 aliphatic rings. The van der Waals surface area contributed by atoms with Crippen LogP contribution in [0.25, 0.3) is 0 Å². The van der Waals surface area contributed by atoms with Gasteiger partial charge in [0.15, 0.2) is 5.84 Å². The van der Waals surface area contributed by atoms with Crippen LogP contribution in [0, 0.1) is 5.41 Å². The number of nitrogens with zero attached hydrogens (tertiary/aromatic N) is 2. The van der Waals surface area contributed by atoms with E-state index in [-0.39, 0.29) is 30.2 Å². The standard InChI is InChI=1S/C13H22N4O3/c1-17(8-10(18)15-9-4-5-9)12(19)13(11(14)16-20)6-2-3-7-13/h9,20H,2-8H2,1H3,(H2,14,16)(H,15,18). The number of nitrogens with one attached hydrogen (secondary N) is 1. The lowest BCUT2D eigenvalue weighted by Crippen LogP contribution is -2.51. The third-order valence-electron chi connectivity index (χ3n) is 4.13. The van der Waals surface area contributed by atoms with E-state index in [9.17, 15) is 9.59 Å². The van der Waals surface area contributed by atoms with Crippen molar-refractivity contribution in [1.82, 2.24) is 10.2 Å². The first-order valence-corrected chi connectivity index (χ1v) is 7.02. The minimum atomic E-state index is -0.941. The topological polar surface area (TPSA) is 108 Å². The third kappa shape index (κ3) is 2.86. The molecule has 7 heteroatoms. The van der Waals surface area contributed by atoms with Crippen molar-refractivity contribution in [2.45, 2.75) is 44.6 Å². The van der Waals surface area contributed by atoms with E-state index in [1.54, 1.807) is 7.05 Å². The number of hydrogen-bond acceptors (Lipinski definition) is 4. The molecule has 0 radical (unpaired) electrons. The van der Waals surface area contributed by atoms with Crippen molar-refractivity contribution >= 4 is 17.6 Å². The van der Waals surface area contributed by atoms with Crippen LogP contribution < -0.4 is 11.1 Å². The van der Waals surface area contributed by atoms with Gasteiger partial charge in [-0.2, -0.15) is 0 Å². The largest absolute Gasteiger partial charge is 0.409 e. The molecule has 0 unspecified atom stereocenters. The zero-order valence-electron chi connectivity index (χ0n) is 11.8. The Morgan fingerprint density at radius 1 is 1.40 bits per heavy atom. The minimum absolute atomic E-state index is 0.00971. The van der Waals surface area contributed by atoms with Gasteiger partial charge in [0.25, 0.3) is 0 Å². The summed E-state index contributed by atoms with van der Waals surface area (Å²) in [5, 5.41) is 14.8. The molecular formula is C13H22N4O3. The van der Waals surface area contributed by atoms with E-state index in [0.29, 0.717) is 12.8 Å². The molecule has 0 atom stereocenters. The number of hydrogen-bond donors (Lipinski definition) is 3. The molecule has 2 saturated carbocycles. The number of oxime groups is 1. The number of amides is 2. The number of rotatable bonds is 5. The Labute approximate surface area is 118 Å². The van der Waals surface area contributed by atoms with Gasteiger partial charge < -0.3 is 21.2 Å². The Hall–Kier alpha value is -1.79. The Morgan fingerprint density at radius 3 is 2.50 bits per heavy atom. The molecule has 4 N–H and O–H groups in total. The second-order valence-corrected chi connectivity index (χ2v) is 5.78. The molecule has 2 aliphatic carbocycles. The van der Waals surface area contributed by atoms with Gasteiger partial charge in [-0.15, -0.1) is 0 Å². The normalized spacial score (nSPS) is 21.6. The van der Waals surface area contributed by atoms with Gasteiger partial charge >= 0.3 is 0 Å². The molecule has 0 aliphatic heterocycles. The molecule has 0 bridgehead atoms. The van der Waals surface area contributed by atoms with Crippen LogP contribution in [-0.4, -0.2) is 47.4 Å². The summed E-state index contributed by atoms with van der Waals surface area (Å²) in [5.74, 6) is -0.443. The van der Waals surface area contributed by atoms with E-state index in [1.165, 1.54) is 4.90 Å². The van der Waals surface area contributed by atoms with Gasteiger partial charge in [-0.3, -0.25) is 9.59 Å². The molecule has 0 aromatic rings. The molecule has 2 amide bonds. The highest BCUT2D eigenvalue weighted by atomic mass is 16.4. The Morgan fingerprint density at radius 2 is 2.00 bits per heavy atom. The lowest BCUT2D eigenvalue weighted by atomic mass is 9.83. The Kier molecular flexibility index (Phi) is 4.15. The molecule has 0 spiro atoms. The van der Waals surface area contributed by atoms with E-state index < -0.39 is 5.41 Å². The first-order chi connectivity index (χ1) is 9.49. The number of nitrogens with two attached hydrogens (primary N) is 1. The predicted molar refractivity (Wildman–Crippen MR) is 73.1 cm³/mol. The first-order valence-electron chi connectivity index (χ1n) is 7.02. The van der Waals surface area contributed by atoms with E-state index in [4.69, 9.17) is 10.9 Å². The summed E-state index contributed by atoms with van der Waals surface area (Å²) in [5.41, 5.74) is 4.78. The lowest BCUT2D eigenvalue weighted by molar-refractivity contribution is -0.140. The molecule has 2 fully saturated rings. The Balaban J connectivity index is 2.01. The van der Waals surface area contributed by atoms with Crippen molar-refractivity contribution in [3.05, 3.63) is 0 Å². The molecule has 0 aromatic heterocycles. The maximum atomic E-state index is 12.6. The van der Waals surface area contributed by atoms with Gasteiger partial charge in [0, 0.05) is 13.1 Å². The van der Waals surface area contributed by atoms with Crippen LogP contribution in [0.5, 0.6) is 0 Å². The van der Waals surface area contributed by atoms with Gasteiger partial charge in [-0.25, -0.2) is 0 Å². The highest BCUT2D eigenvalue weighted by Gasteiger charge is 2.47. The maximum absolute atomic E-state index is 12.6. The molecule has 0 aromatic carbocycles. The number of amidine groups is 1. The summed E-state index contributed by atoms with van der Waals surface area (Å²) < 4.78 is 0. The average molecular weight is 282 g/mol. The first kappa shape index (κ1) is 14.6. The number of carbonyl (C=O) groups excluding carboxylic acids is 2. The number of likely N-dealkylation sites (N-methyl/N-ethyl adjacent to an activating group) is 1. The summed E-state index contributed by atoms with van der Waals surface area (Å²) in [6, 6.07) is 0.274. The minimum Gasteiger partial charge on any atom is -0.409 e. The van der Waals surface area contributed by atoms with Gasteiger partial charge in [-0.05, 0) is 25.7 Å². The van der Waals surface area contributed by atoms with Crippen LogP contribution in [0.2, 0.25) is 0 Å². The van der Waals surface area contributed by atoms with Crippen molar-refractivity contribution in [3.8, 4) is 0 Å². The van der Waals surface area contributed by atoms with Crippen LogP contribution in [0.3, 0.4) is 0 Å². The van der Waals surface area contributed by atoms with Crippen LogP contribution >= 0.6 is 0 Å². The van der Waals surface area contributed by atoms with Crippen molar-refractivity contribution in [3.63, 3.8) is 0 Å². The van der Waals surface area contributed by atoms with Gasteiger partial charge in [0.05, 0.1) is 6.54 Å². The molecule has 0 saturated heterocycles. The maximum Gasteiger partial charge on any atom is 0.239 e. The number of carbonyl (C=O) groups is 2. The molecule has 0 heterocycles. The van der Waals surface area contributed by atoms with Crippen LogP contribution in [0.4, 0.5) is 0 Å². The zero-order chi connectivity index (χ0) is 14.8. The van der Waals surface area contributed by atoms with Crippen LogP contribution in [-0.2, 0) is 9.59 Å². The van der Waals surface area contributed by atoms with E-state index >= 15 is 0 Å². The van der Waals surface area contributed by atoms with Gasteiger partial charge in [0.1, 0.15) is 5.41 Å². The second kappa shape index (κ2) is 5.68. The summed E-state index contributed by atoms with van der Waals surface area (Å²) in [6.45, 7) is 0.00971. The average Bonchev–Trinajstić information content (AvgIpc) is 3.09. The summed E-state index contributed by atoms with van der Waals surface area (Å²) in [7, 11) is 1.58. The quantitative estimate of drug-likeness (QED) is 0.286. The lowest BCUT2D eigenvalue weighted by Gasteiger charge is -2.30. The van der Waals surface area contributed by atoms with Crippen molar-refractivity contribution < 1.29 is 14.8 Å². The zero-order valence-corrected chi connectivity index (χ0v) is 11.8. The fourth-order valence-electron chi connectivity index (χ4n) is 2.81. The molecule has 2 rings (SSSR count). The van der Waals surface area contributed by atoms with Gasteiger partial charge in [0.2, 0.25) is 11.8 Å². The summed E-state index contributed by atoms with van der Waals surface area (Å²) in [6.07, 6.45) is 4.88. The summed E-state index contributed by atoms with van der Waals surface area (Å²) in [4.78, 5) is 25.7. The van der Waals surface area contributed by atoms with E-state index in [2.05, 4.69) is 10.5 Å². The molecule has 112 valence electrons. The van der Waals surface area contributed by atoms with Crippen molar-refractivity contribution in [1.29, 1.82) is 0 Å². The van der Waals surface area contributed by atoms with Crippen LogP contribution in [0.15, 0.2) is 5.16 Å².